The zero-order valence-corrected chi connectivity index (χ0v) is 78.7. The van der Waals surface area contributed by atoms with Gasteiger partial charge in [-0.2, -0.15) is 15.8 Å². The van der Waals surface area contributed by atoms with Gasteiger partial charge in [0.25, 0.3) is 5.91 Å². The van der Waals surface area contributed by atoms with Crippen molar-refractivity contribution in [2.45, 2.75) is 103 Å². The number of benzene rings is 3. The molecule has 0 unspecified atom stereocenters. The third kappa shape index (κ3) is 45.5. The first-order valence-corrected chi connectivity index (χ1v) is 46.9. The second-order valence-electron chi connectivity index (χ2n) is 29.2. The van der Waals surface area contributed by atoms with Crippen molar-refractivity contribution in [3.05, 3.63) is 128 Å². The van der Waals surface area contributed by atoms with Crippen LogP contribution in [-0.2, 0) is 66.5 Å². The summed E-state index contributed by atoms with van der Waals surface area (Å²) in [5, 5.41) is 50.7. The molecule has 0 bridgehead atoms. The van der Waals surface area contributed by atoms with Gasteiger partial charge in [0.15, 0.2) is 0 Å². The molecule has 35 heteroatoms. The molecule has 5 N–H and O–H groups in total. The van der Waals surface area contributed by atoms with E-state index in [2.05, 4.69) is 44.4 Å². The fourth-order valence-electron chi connectivity index (χ4n) is 11.3. The SMILES string of the molecule is CN(CCOC(=O)NCCOCCOCCCCCCCl)c1cc2cc3sc(/C=C(\C#N)C(=O)OC(C)(C)C)cc3cc2s1.CN(CCOC(=O)NCCOCCOCCCCCCCl)c1ccc(-c2ccc(/C=C(\C#N)C(=O)O)s2)cc1.COCCNC(=O)/C(C#N)=C/c1ccc(-c2ccc(N(C)CCOC(=O)NCCOCCOCCCCCCCl)cc2)s1. The Balaban J connectivity index is 0.000000336. The number of anilines is 3. The minimum absolute atomic E-state index is 0.0253. The van der Waals surface area contributed by atoms with Crippen LogP contribution in [0.1, 0.15) is 112 Å². The number of alkyl carbamates (subject to hydrolysis) is 3. The number of nitrogens with one attached hydrogen (secondary N) is 4. The zero-order valence-electron chi connectivity index (χ0n) is 73.2. The number of carboxylic acids is 1. The fourth-order valence-corrected chi connectivity index (χ4v) is 15.9. The van der Waals surface area contributed by atoms with Crippen molar-refractivity contribution in [1.82, 2.24) is 21.3 Å². The van der Waals surface area contributed by atoms with Crippen LogP contribution in [0.3, 0.4) is 0 Å². The van der Waals surface area contributed by atoms with Crippen LogP contribution in [0.2, 0.25) is 0 Å². The van der Waals surface area contributed by atoms with Crippen molar-refractivity contribution in [2.24, 2.45) is 0 Å². The Bertz CT molecular complexity index is 4520. The average Bonchev–Trinajstić information content (AvgIpc) is 1.63. The molecule has 0 saturated carbocycles. The van der Waals surface area contributed by atoms with Gasteiger partial charge < -0.3 is 93.2 Å². The summed E-state index contributed by atoms with van der Waals surface area (Å²) in [5.74, 6) is -0.141. The molecule has 7 rings (SSSR count). The van der Waals surface area contributed by atoms with Gasteiger partial charge in [0.05, 0.1) is 90.7 Å². The van der Waals surface area contributed by atoms with E-state index in [9.17, 15) is 39.3 Å². The second kappa shape index (κ2) is 64.6. The lowest BCUT2D eigenvalue weighted by atomic mass is 10.1. The number of unbranched alkanes of at least 4 members (excludes halogenated alkanes) is 9. The van der Waals surface area contributed by atoms with E-state index in [-0.39, 0.29) is 36.5 Å². The van der Waals surface area contributed by atoms with Gasteiger partial charge in [-0.1, -0.05) is 62.8 Å². The number of nitrogens with zero attached hydrogens (tertiary/aromatic N) is 6. The summed E-state index contributed by atoms with van der Waals surface area (Å²) in [6.45, 7) is 15.9. The van der Waals surface area contributed by atoms with Crippen LogP contribution in [-0.4, -0.2) is 244 Å². The highest BCUT2D eigenvalue weighted by Crippen LogP contribution is 2.39. The van der Waals surface area contributed by atoms with E-state index >= 15 is 0 Å². The first-order chi connectivity index (χ1) is 61.0. The van der Waals surface area contributed by atoms with Crippen LogP contribution in [0, 0.1) is 34.0 Å². The quantitative estimate of drug-likeness (QED) is 0.00590. The summed E-state index contributed by atoms with van der Waals surface area (Å²) >= 11 is 23.0. The number of thiophene rings is 4. The molecule has 126 heavy (non-hydrogen) atoms. The number of rotatable bonds is 59. The molecule has 0 aliphatic rings. The molecule has 0 radical (unpaired) electrons. The number of carboxylic acid groups (broad SMARTS) is 1. The minimum Gasteiger partial charge on any atom is -0.477 e. The van der Waals surface area contributed by atoms with Crippen molar-refractivity contribution < 1.29 is 86.0 Å². The van der Waals surface area contributed by atoms with Crippen LogP contribution < -0.4 is 36.0 Å². The zero-order chi connectivity index (χ0) is 91.4. The molecule has 4 amide bonds. The lowest BCUT2D eigenvalue weighted by Gasteiger charge is -2.19. The van der Waals surface area contributed by atoms with Crippen LogP contribution in [0.25, 0.3) is 59.3 Å². The predicted molar refractivity (Wildman–Crippen MR) is 506 cm³/mol. The maximum atomic E-state index is 12.4. The van der Waals surface area contributed by atoms with E-state index in [0.29, 0.717) is 123 Å². The number of fused-ring (bicyclic) bond motifs is 2. The molecule has 0 aliphatic heterocycles. The van der Waals surface area contributed by atoms with E-state index < -0.39 is 41.7 Å². The third-order valence-corrected chi connectivity index (χ3v) is 23.3. The molecule has 0 aliphatic carbocycles. The number of amides is 4. The normalized spacial score (nSPS) is 11.4. The van der Waals surface area contributed by atoms with Gasteiger partial charge in [0.2, 0.25) is 0 Å². The Morgan fingerprint density at radius 1 is 0.413 bits per heavy atom. The fraction of sp³-hybridized carbons (Fsp3) is 0.505. The molecule has 0 spiro atoms. The molecule has 7 aromatic rings. The van der Waals surface area contributed by atoms with Crippen molar-refractivity contribution >= 4 is 171 Å². The molecular formula is C91H121Cl3N10O18S4. The smallest absolute Gasteiger partial charge is 0.407 e. The van der Waals surface area contributed by atoms with Gasteiger partial charge in [-0.3, -0.25) is 4.79 Å². The molecule has 3 aromatic carbocycles. The van der Waals surface area contributed by atoms with Crippen LogP contribution in [0.15, 0.2) is 114 Å². The summed E-state index contributed by atoms with van der Waals surface area (Å²) in [6, 6.07) is 37.3. The van der Waals surface area contributed by atoms with Crippen molar-refractivity contribution in [2.75, 3.05) is 212 Å². The predicted octanol–water partition coefficient (Wildman–Crippen LogP) is 17.8. The minimum atomic E-state index is -1.24. The van der Waals surface area contributed by atoms with Gasteiger partial charge in [-0.05, 0) is 172 Å². The van der Waals surface area contributed by atoms with E-state index in [4.69, 9.17) is 97.3 Å². The molecule has 688 valence electrons. The van der Waals surface area contributed by atoms with Crippen LogP contribution in [0.5, 0.6) is 0 Å². The van der Waals surface area contributed by atoms with E-state index in [1.54, 1.807) is 63.5 Å². The number of aliphatic carboxylic acids is 1. The van der Waals surface area contributed by atoms with Crippen LogP contribution in [0.4, 0.5) is 30.8 Å². The molecular weight excluding hydrogens is 1760 g/mol. The number of methoxy groups -OCH3 is 1. The number of hydrogen-bond acceptors (Lipinski definition) is 27. The second-order valence-corrected chi connectivity index (χ2v) is 34.7. The Morgan fingerprint density at radius 2 is 0.786 bits per heavy atom. The Kier molecular flexibility index (Phi) is 55.1. The van der Waals surface area contributed by atoms with Gasteiger partial charge >= 0.3 is 30.2 Å². The van der Waals surface area contributed by atoms with Gasteiger partial charge in [-0.25, -0.2) is 24.0 Å². The number of esters is 1. The van der Waals surface area contributed by atoms with E-state index in [0.717, 1.165) is 176 Å². The third-order valence-electron chi connectivity index (χ3n) is 18.0. The summed E-state index contributed by atoms with van der Waals surface area (Å²) in [5.41, 5.74) is 3.00. The van der Waals surface area contributed by atoms with Crippen molar-refractivity contribution in [3.63, 3.8) is 0 Å². The first kappa shape index (κ1) is 107. The summed E-state index contributed by atoms with van der Waals surface area (Å²) in [6.07, 6.45) is 16.1. The highest BCUT2D eigenvalue weighted by Gasteiger charge is 2.22. The summed E-state index contributed by atoms with van der Waals surface area (Å²) in [4.78, 5) is 81.7. The van der Waals surface area contributed by atoms with Gasteiger partial charge in [0, 0.05) is 137 Å². The Hall–Kier alpha value is -9.12. The maximum Gasteiger partial charge on any atom is 0.407 e. The summed E-state index contributed by atoms with van der Waals surface area (Å²) in [7, 11) is 7.36. The number of ether oxygens (including phenoxy) is 11. The molecule has 0 fully saturated rings. The Morgan fingerprint density at radius 3 is 1.18 bits per heavy atom. The van der Waals surface area contributed by atoms with Crippen LogP contribution >= 0.6 is 80.1 Å². The summed E-state index contributed by atoms with van der Waals surface area (Å²) < 4.78 is 61.2. The molecule has 28 nitrogen and oxygen atoms in total. The topological polar surface area (TPSA) is 353 Å². The lowest BCUT2D eigenvalue weighted by Crippen LogP contribution is -2.31. The number of carbonyl (C=O) groups excluding carboxylic acids is 5. The van der Waals surface area contributed by atoms with E-state index in [1.807, 2.05) is 116 Å². The standard InChI is InChI=1S/C32H42ClN3O6S2.C31H43ClN4O6S.C28H36ClN3O6S/c1-32(2,3)42-30(37)25(22-34)18-26-17-23-19-28-24(20-27(23)43-26)21-29(44-28)36(4)11-14-41-31(38)35-10-13-40-16-15-39-12-8-6-5-7-9-33;1-36(16-20-42-31(38)35-15-19-41-22-21-40-17-6-4-3-5-13-32)27-9-7-25(8-10-27)29-12-11-28(43-29)23-26(24-33)30(37)34-14-18-39-2;1-32(14-17-38-28(35)31-13-16-37-19-18-36-15-5-3-2-4-12-29)24-8-6-22(7-9-24)26-11-10-25(39-26)20-23(21-30)27(33)34/h17-21H,5-16H2,1-4H3,(H,35,38);7-12,23H,3-6,13-22H2,1-2H3,(H,34,37)(H,35,38);6-11,20H,2-5,12-19H2,1H3,(H,31,35)(H,33,34)/b25-18+;26-23+;23-20+. The highest BCUT2D eigenvalue weighted by molar-refractivity contribution is 7.23. The largest absolute Gasteiger partial charge is 0.477 e. The number of halogens is 3. The van der Waals surface area contributed by atoms with Crippen molar-refractivity contribution in [1.29, 1.82) is 15.8 Å². The number of hydrogen-bond donors (Lipinski definition) is 5. The monoisotopic (exact) mass is 1870 g/mol. The highest BCUT2D eigenvalue weighted by atomic mass is 35.5. The van der Waals surface area contributed by atoms with Crippen molar-refractivity contribution in [3.8, 4) is 39.1 Å². The number of likely N-dealkylation sites (N-methyl/N-ethyl adjacent to an activating group) is 3. The lowest BCUT2D eigenvalue weighted by molar-refractivity contribution is -0.149. The van der Waals surface area contributed by atoms with E-state index in [1.165, 1.54) is 40.1 Å². The van der Waals surface area contributed by atoms with Gasteiger partial charge in [-0.15, -0.1) is 80.1 Å². The average molecular weight is 1880 g/mol. The first-order valence-electron chi connectivity index (χ1n) is 42.0. The number of alkyl halides is 3. The molecule has 0 atom stereocenters. The molecule has 4 aromatic heterocycles. The maximum absolute atomic E-state index is 12.4. The molecule has 4 heterocycles. The number of carbonyl (C=O) groups is 6. The Labute approximate surface area is 771 Å². The molecule has 0 saturated heterocycles. The van der Waals surface area contributed by atoms with Gasteiger partial charge in [0.1, 0.15) is 60.3 Å². The number of nitriles is 3.